The summed E-state index contributed by atoms with van der Waals surface area (Å²) in [6.07, 6.45) is 0.994. The second kappa shape index (κ2) is 4.10. The number of nitrogens with zero attached hydrogens (tertiary/aromatic N) is 1. The first-order valence-electron chi connectivity index (χ1n) is 4.45. The number of anilines is 1. The van der Waals surface area contributed by atoms with E-state index in [4.69, 9.17) is 0 Å². The van der Waals surface area contributed by atoms with Crippen molar-refractivity contribution in [2.24, 2.45) is 0 Å². The van der Waals surface area contributed by atoms with Gasteiger partial charge in [-0.1, -0.05) is 13.0 Å². The minimum Gasteiger partial charge on any atom is -0.368 e. The van der Waals surface area contributed by atoms with E-state index < -0.39 is 0 Å². The molecule has 1 N–H and O–H groups in total. The third-order valence-electron chi connectivity index (χ3n) is 1.61. The molecule has 1 aromatic rings. The maximum atomic E-state index is 4.42. The number of hydrogen-bond donors (Lipinski definition) is 1. The number of hydrogen-bond acceptors (Lipinski definition) is 2. The lowest BCUT2D eigenvalue weighted by molar-refractivity contribution is 0.882. The molecule has 1 heterocycles. The van der Waals surface area contributed by atoms with Gasteiger partial charge in [0.1, 0.15) is 5.82 Å². The average molecular weight is 164 g/mol. The van der Waals surface area contributed by atoms with Gasteiger partial charge < -0.3 is 5.32 Å². The number of aromatic nitrogens is 1. The summed E-state index contributed by atoms with van der Waals surface area (Å²) < 4.78 is 0. The number of pyridine rings is 1. The van der Waals surface area contributed by atoms with Gasteiger partial charge in [-0.15, -0.1) is 0 Å². The van der Waals surface area contributed by atoms with Crippen LogP contribution in [0.1, 0.15) is 26.5 Å². The molecule has 0 unspecified atom stereocenters. The van der Waals surface area contributed by atoms with E-state index in [0.29, 0.717) is 6.04 Å². The third-order valence-corrected chi connectivity index (χ3v) is 1.61. The summed E-state index contributed by atoms with van der Waals surface area (Å²) in [4.78, 5) is 4.42. The number of rotatable bonds is 3. The Bertz CT molecular complexity index is 243. The van der Waals surface area contributed by atoms with Crippen LogP contribution in [0.15, 0.2) is 18.2 Å². The largest absolute Gasteiger partial charge is 0.368 e. The fourth-order valence-corrected chi connectivity index (χ4v) is 1.05. The molecule has 1 aromatic heterocycles. The first kappa shape index (κ1) is 9.04. The maximum Gasteiger partial charge on any atom is 0.126 e. The molecule has 0 aliphatic carbocycles. The Balaban J connectivity index is 2.72. The van der Waals surface area contributed by atoms with Crippen molar-refractivity contribution >= 4 is 5.82 Å². The lowest BCUT2D eigenvalue weighted by atomic mass is 10.3. The summed E-state index contributed by atoms with van der Waals surface area (Å²) in [5.74, 6) is 0.976. The minimum absolute atomic E-state index is 0.449. The van der Waals surface area contributed by atoms with Crippen LogP contribution in [0.2, 0.25) is 0 Å². The zero-order chi connectivity index (χ0) is 8.97. The highest BCUT2D eigenvalue weighted by Gasteiger charge is 1.96. The monoisotopic (exact) mass is 164 g/mol. The fourth-order valence-electron chi connectivity index (χ4n) is 1.05. The summed E-state index contributed by atoms with van der Waals surface area (Å²) in [7, 11) is 0. The van der Waals surface area contributed by atoms with E-state index in [2.05, 4.69) is 31.1 Å². The SMILES string of the molecule is CCc1cccc(NC(C)C)n1. The van der Waals surface area contributed by atoms with E-state index in [1.807, 2.05) is 18.2 Å². The van der Waals surface area contributed by atoms with Crippen LogP contribution in [0.3, 0.4) is 0 Å². The van der Waals surface area contributed by atoms with E-state index in [-0.39, 0.29) is 0 Å². The zero-order valence-corrected chi connectivity index (χ0v) is 7.96. The smallest absolute Gasteiger partial charge is 0.126 e. The predicted octanol–water partition coefficient (Wildman–Crippen LogP) is 2.46. The zero-order valence-electron chi connectivity index (χ0n) is 7.96. The summed E-state index contributed by atoms with van der Waals surface area (Å²) in [6, 6.07) is 6.53. The Morgan fingerprint density at radius 3 is 2.75 bits per heavy atom. The Hall–Kier alpha value is -1.05. The molecule has 0 amide bonds. The van der Waals surface area contributed by atoms with Gasteiger partial charge in [0.25, 0.3) is 0 Å². The van der Waals surface area contributed by atoms with Crippen LogP contribution in [0, 0.1) is 0 Å². The van der Waals surface area contributed by atoms with E-state index in [0.717, 1.165) is 17.9 Å². The Labute approximate surface area is 74.0 Å². The second-order valence-electron chi connectivity index (χ2n) is 3.17. The van der Waals surface area contributed by atoms with Gasteiger partial charge in [0.2, 0.25) is 0 Å². The standard InChI is InChI=1S/C10H16N2/c1-4-9-6-5-7-10(12-9)11-8(2)3/h5-8H,4H2,1-3H3,(H,11,12). The first-order chi connectivity index (χ1) is 5.72. The Kier molecular flexibility index (Phi) is 3.09. The lowest BCUT2D eigenvalue weighted by Gasteiger charge is -2.09. The quantitative estimate of drug-likeness (QED) is 0.742. The predicted molar refractivity (Wildman–Crippen MR) is 52.4 cm³/mol. The molecular weight excluding hydrogens is 148 g/mol. The van der Waals surface area contributed by atoms with Crippen LogP contribution >= 0.6 is 0 Å². The molecule has 0 saturated heterocycles. The molecule has 0 aromatic carbocycles. The van der Waals surface area contributed by atoms with Gasteiger partial charge >= 0.3 is 0 Å². The van der Waals surface area contributed by atoms with Crippen molar-refractivity contribution < 1.29 is 0 Å². The van der Waals surface area contributed by atoms with Crippen LogP contribution in [-0.2, 0) is 6.42 Å². The van der Waals surface area contributed by atoms with E-state index >= 15 is 0 Å². The fraction of sp³-hybridized carbons (Fsp3) is 0.500. The minimum atomic E-state index is 0.449. The molecule has 0 bridgehead atoms. The van der Waals surface area contributed by atoms with Crippen molar-refractivity contribution in [1.82, 2.24) is 4.98 Å². The van der Waals surface area contributed by atoms with Gasteiger partial charge in [0.05, 0.1) is 0 Å². The summed E-state index contributed by atoms with van der Waals surface area (Å²) >= 11 is 0. The summed E-state index contributed by atoms with van der Waals surface area (Å²) in [5, 5.41) is 3.27. The molecule has 0 saturated carbocycles. The van der Waals surface area contributed by atoms with Gasteiger partial charge in [-0.25, -0.2) is 4.98 Å². The Morgan fingerprint density at radius 2 is 2.17 bits per heavy atom. The lowest BCUT2D eigenvalue weighted by Crippen LogP contribution is -2.11. The van der Waals surface area contributed by atoms with E-state index in [9.17, 15) is 0 Å². The van der Waals surface area contributed by atoms with Crippen LogP contribution in [0.5, 0.6) is 0 Å². The van der Waals surface area contributed by atoms with Crippen molar-refractivity contribution in [2.75, 3.05) is 5.32 Å². The van der Waals surface area contributed by atoms with Gasteiger partial charge in [-0.3, -0.25) is 0 Å². The van der Waals surface area contributed by atoms with Crippen molar-refractivity contribution in [1.29, 1.82) is 0 Å². The van der Waals surface area contributed by atoms with Crippen molar-refractivity contribution in [2.45, 2.75) is 33.2 Å². The van der Waals surface area contributed by atoms with Crippen LogP contribution in [0.25, 0.3) is 0 Å². The van der Waals surface area contributed by atoms with Gasteiger partial charge in [0, 0.05) is 11.7 Å². The molecule has 2 heteroatoms. The van der Waals surface area contributed by atoms with Crippen molar-refractivity contribution in [3.05, 3.63) is 23.9 Å². The Morgan fingerprint density at radius 1 is 1.42 bits per heavy atom. The maximum absolute atomic E-state index is 4.42. The topological polar surface area (TPSA) is 24.9 Å². The molecule has 66 valence electrons. The number of nitrogens with one attached hydrogen (secondary N) is 1. The number of aryl methyl sites for hydroxylation is 1. The second-order valence-corrected chi connectivity index (χ2v) is 3.17. The van der Waals surface area contributed by atoms with Crippen LogP contribution in [-0.4, -0.2) is 11.0 Å². The third kappa shape index (κ3) is 2.53. The average Bonchev–Trinajstić information content (AvgIpc) is 2.03. The van der Waals surface area contributed by atoms with Crippen LogP contribution < -0.4 is 5.32 Å². The molecule has 0 radical (unpaired) electrons. The molecule has 2 nitrogen and oxygen atoms in total. The molecule has 0 aliphatic rings. The van der Waals surface area contributed by atoms with Gasteiger partial charge in [-0.2, -0.15) is 0 Å². The highest BCUT2D eigenvalue weighted by molar-refractivity contribution is 5.35. The van der Waals surface area contributed by atoms with Crippen LogP contribution in [0.4, 0.5) is 5.82 Å². The normalized spacial score (nSPS) is 10.3. The molecule has 12 heavy (non-hydrogen) atoms. The van der Waals surface area contributed by atoms with Crippen molar-refractivity contribution in [3.8, 4) is 0 Å². The highest BCUT2D eigenvalue weighted by Crippen LogP contribution is 2.06. The van der Waals surface area contributed by atoms with E-state index in [1.54, 1.807) is 0 Å². The van der Waals surface area contributed by atoms with Crippen molar-refractivity contribution in [3.63, 3.8) is 0 Å². The van der Waals surface area contributed by atoms with Gasteiger partial charge in [0.15, 0.2) is 0 Å². The van der Waals surface area contributed by atoms with E-state index in [1.165, 1.54) is 0 Å². The molecule has 0 fully saturated rings. The summed E-state index contributed by atoms with van der Waals surface area (Å²) in [6.45, 7) is 6.34. The summed E-state index contributed by atoms with van der Waals surface area (Å²) in [5.41, 5.74) is 1.14. The highest BCUT2D eigenvalue weighted by atomic mass is 15.0. The van der Waals surface area contributed by atoms with Gasteiger partial charge in [-0.05, 0) is 32.4 Å². The molecule has 1 rings (SSSR count). The molecular formula is C10H16N2. The molecule has 0 aliphatic heterocycles. The molecule has 0 spiro atoms. The molecule has 0 atom stereocenters. The first-order valence-corrected chi connectivity index (χ1v) is 4.45.